The maximum Gasteiger partial charge on any atom is 0.251 e. The van der Waals surface area contributed by atoms with Gasteiger partial charge in [-0.05, 0) is 36.2 Å². The number of carbonyl (C=O) groups is 2. The second-order valence-electron chi connectivity index (χ2n) is 5.78. The topological polar surface area (TPSA) is 52.7 Å². The Kier molecular flexibility index (Phi) is 6.52. The maximum absolute atomic E-state index is 12.3. The summed E-state index contributed by atoms with van der Waals surface area (Å²) in [5, 5.41) is 4.62. The minimum absolute atomic E-state index is 0.0906. The van der Waals surface area contributed by atoms with Crippen LogP contribution in [0.5, 0.6) is 0 Å². The van der Waals surface area contributed by atoms with Gasteiger partial charge >= 0.3 is 0 Å². The summed E-state index contributed by atoms with van der Waals surface area (Å²) in [5.74, 6) is -0.00633. The molecule has 1 aromatic heterocycles. The minimum Gasteiger partial charge on any atom is -0.355 e. The summed E-state index contributed by atoms with van der Waals surface area (Å²) in [5.41, 5.74) is 1.70. The zero-order chi connectivity index (χ0) is 17.5. The predicted molar refractivity (Wildman–Crippen MR) is 97.0 cm³/mol. The average molecular weight is 345 g/mol. The molecule has 128 valence electrons. The number of benzene rings is 1. The summed E-state index contributed by atoms with van der Waals surface area (Å²) in [4.78, 5) is 28.7. The standard InChI is InChI=1S/C18H23N3O2S/c1-19-18(23)15-8-6-14(7-9-15)11-20(2)13-17(22)21(3)12-16-5-4-10-24-16/h4-10H,11-13H2,1-3H3,(H,19,23). The van der Waals surface area contributed by atoms with Crippen LogP contribution in [0.3, 0.4) is 0 Å². The molecule has 5 nitrogen and oxygen atoms in total. The molecular formula is C18H23N3O2S. The van der Waals surface area contributed by atoms with Crippen molar-refractivity contribution in [3.8, 4) is 0 Å². The van der Waals surface area contributed by atoms with Gasteiger partial charge in [-0.2, -0.15) is 0 Å². The van der Waals surface area contributed by atoms with Gasteiger partial charge in [-0.15, -0.1) is 11.3 Å². The van der Waals surface area contributed by atoms with Gasteiger partial charge in [0.25, 0.3) is 5.91 Å². The monoisotopic (exact) mass is 345 g/mol. The van der Waals surface area contributed by atoms with Gasteiger partial charge in [0.15, 0.2) is 0 Å². The number of amides is 2. The highest BCUT2D eigenvalue weighted by atomic mass is 32.1. The lowest BCUT2D eigenvalue weighted by molar-refractivity contribution is -0.131. The summed E-state index contributed by atoms with van der Waals surface area (Å²) >= 11 is 1.66. The molecule has 0 aliphatic rings. The van der Waals surface area contributed by atoms with Crippen LogP contribution in [-0.4, -0.2) is 49.3 Å². The van der Waals surface area contributed by atoms with Crippen molar-refractivity contribution in [2.24, 2.45) is 0 Å². The van der Waals surface area contributed by atoms with Crippen LogP contribution >= 0.6 is 11.3 Å². The summed E-state index contributed by atoms with van der Waals surface area (Å²) < 4.78 is 0. The number of hydrogen-bond donors (Lipinski definition) is 1. The first-order chi connectivity index (χ1) is 11.5. The highest BCUT2D eigenvalue weighted by Crippen LogP contribution is 2.11. The van der Waals surface area contributed by atoms with Crippen LogP contribution in [0.1, 0.15) is 20.8 Å². The Morgan fingerprint density at radius 3 is 2.38 bits per heavy atom. The van der Waals surface area contributed by atoms with E-state index in [0.29, 0.717) is 25.2 Å². The first-order valence-corrected chi connectivity index (χ1v) is 8.63. The van der Waals surface area contributed by atoms with Crippen molar-refractivity contribution in [1.82, 2.24) is 15.1 Å². The molecule has 2 amide bonds. The molecule has 24 heavy (non-hydrogen) atoms. The Morgan fingerprint density at radius 2 is 1.79 bits per heavy atom. The molecular weight excluding hydrogens is 322 g/mol. The minimum atomic E-state index is -0.0970. The predicted octanol–water partition coefficient (Wildman–Crippen LogP) is 2.20. The fourth-order valence-electron chi connectivity index (χ4n) is 2.35. The van der Waals surface area contributed by atoms with E-state index in [9.17, 15) is 9.59 Å². The Hall–Kier alpha value is -2.18. The van der Waals surface area contributed by atoms with Crippen molar-refractivity contribution in [1.29, 1.82) is 0 Å². The van der Waals surface area contributed by atoms with E-state index in [-0.39, 0.29) is 11.8 Å². The van der Waals surface area contributed by atoms with E-state index in [1.165, 1.54) is 4.88 Å². The molecule has 0 aliphatic heterocycles. The van der Waals surface area contributed by atoms with E-state index in [1.54, 1.807) is 35.4 Å². The molecule has 0 saturated carbocycles. The second-order valence-corrected chi connectivity index (χ2v) is 6.81. The smallest absolute Gasteiger partial charge is 0.251 e. The molecule has 0 atom stereocenters. The zero-order valence-electron chi connectivity index (χ0n) is 14.3. The number of likely N-dealkylation sites (N-methyl/N-ethyl adjacent to an activating group) is 2. The highest BCUT2D eigenvalue weighted by molar-refractivity contribution is 7.09. The fraction of sp³-hybridized carbons (Fsp3) is 0.333. The second kappa shape index (κ2) is 8.61. The van der Waals surface area contributed by atoms with Gasteiger partial charge in [-0.3, -0.25) is 14.5 Å². The first-order valence-electron chi connectivity index (χ1n) is 7.75. The van der Waals surface area contributed by atoms with Gasteiger partial charge in [0.05, 0.1) is 13.1 Å². The van der Waals surface area contributed by atoms with Gasteiger partial charge in [-0.25, -0.2) is 0 Å². The van der Waals surface area contributed by atoms with Crippen LogP contribution in [0.4, 0.5) is 0 Å². The van der Waals surface area contributed by atoms with Crippen LogP contribution in [0, 0.1) is 0 Å². The molecule has 0 radical (unpaired) electrons. The third-order valence-electron chi connectivity index (χ3n) is 3.70. The quantitative estimate of drug-likeness (QED) is 0.837. The molecule has 0 saturated heterocycles. The maximum atomic E-state index is 12.3. The molecule has 1 N–H and O–H groups in total. The summed E-state index contributed by atoms with van der Waals surface area (Å²) in [6.07, 6.45) is 0. The van der Waals surface area contributed by atoms with E-state index in [1.807, 2.05) is 48.6 Å². The fourth-order valence-corrected chi connectivity index (χ4v) is 3.11. The molecule has 1 aromatic carbocycles. The normalized spacial score (nSPS) is 10.7. The number of carbonyl (C=O) groups excluding carboxylic acids is 2. The number of nitrogens with zero attached hydrogens (tertiary/aromatic N) is 2. The van der Waals surface area contributed by atoms with E-state index in [4.69, 9.17) is 0 Å². The van der Waals surface area contributed by atoms with Gasteiger partial charge in [0.2, 0.25) is 5.91 Å². The number of thiophene rings is 1. The molecule has 0 bridgehead atoms. The first kappa shape index (κ1) is 18.2. The van der Waals surface area contributed by atoms with Crippen molar-refractivity contribution in [2.45, 2.75) is 13.1 Å². The van der Waals surface area contributed by atoms with Gasteiger partial charge in [-0.1, -0.05) is 18.2 Å². The van der Waals surface area contributed by atoms with E-state index in [2.05, 4.69) is 5.32 Å². The zero-order valence-corrected chi connectivity index (χ0v) is 15.1. The van der Waals surface area contributed by atoms with Crippen molar-refractivity contribution in [2.75, 3.05) is 27.7 Å². The summed E-state index contributed by atoms with van der Waals surface area (Å²) in [6, 6.07) is 11.5. The molecule has 0 spiro atoms. The molecule has 0 aliphatic carbocycles. The number of nitrogens with one attached hydrogen (secondary N) is 1. The van der Waals surface area contributed by atoms with Crippen molar-refractivity contribution < 1.29 is 9.59 Å². The molecule has 0 unspecified atom stereocenters. The largest absolute Gasteiger partial charge is 0.355 e. The SMILES string of the molecule is CNC(=O)c1ccc(CN(C)CC(=O)N(C)Cc2cccs2)cc1. The summed E-state index contributed by atoms with van der Waals surface area (Å²) in [7, 11) is 5.36. The molecule has 1 heterocycles. The lowest BCUT2D eigenvalue weighted by Gasteiger charge is -2.21. The lowest BCUT2D eigenvalue weighted by atomic mass is 10.1. The van der Waals surface area contributed by atoms with Crippen molar-refractivity contribution >= 4 is 23.2 Å². The van der Waals surface area contributed by atoms with Gasteiger partial charge < -0.3 is 10.2 Å². The lowest BCUT2D eigenvalue weighted by Crippen LogP contribution is -2.35. The third kappa shape index (κ3) is 5.18. The number of rotatable bonds is 7. The Bertz CT molecular complexity index is 668. The molecule has 0 fully saturated rings. The Labute approximate surface area is 146 Å². The van der Waals surface area contributed by atoms with E-state index < -0.39 is 0 Å². The molecule has 6 heteroatoms. The van der Waals surface area contributed by atoms with Crippen LogP contribution < -0.4 is 5.32 Å². The highest BCUT2D eigenvalue weighted by Gasteiger charge is 2.13. The van der Waals surface area contributed by atoms with Crippen LogP contribution in [-0.2, 0) is 17.9 Å². The Morgan fingerprint density at radius 1 is 1.08 bits per heavy atom. The van der Waals surface area contributed by atoms with Crippen LogP contribution in [0.2, 0.25) is 0 Å². The number of hydrogen-bond acceptors (Lipinski definition) is 4. The molecule has 2 rings (SSSR count). The van der Waals surface area contributed by atoms with E-state index >= 15 is 0 Å². The van der Waals surface area contributed by atoms with Crippen LogP contribution in [0.15, 0.2) is 41.8 Å². The average Bonchev–Trinajstić information content (AvgIpc) is 3.07. The van der Waals surface area contributed by atoms with Crippen molar-refractivity contribution in [3.63, 3.8) is 0 Å². The molecule has 2 aromatic rings. The van der Waals surface area contributed by atoms with E-state index in [0.717, 1.165) is 5.56 Å². The Balaban J connectivity index is 1.84. The van der Waals surface area contributed by atoms with Gasteiger partial charge in [0, 0.05) is 31.1 Å². The summed E-state index contributed by atoms with van der Waals surface area (Å²) in [6.45, 7) is 1.66. The van der Waals surface area contributed by atoms with Crippen molar-refractivity contribution in [3.05, 3.63) is 57.8 Å². The van der Waals surface area contributed by atoms with Crippen LogP contribution in [0.25, 0.3) is 0 Å². The van der Waals surface area contributed by atoms with Gasteiger partial charge in [0.1, 0.15) is 0 Å². The third-order valence-corrected chi connectivity index (χ3v) is 4.56.